The number of nitrogens with zero attached hydrogens (tertiary/aromatic N) is 1. The van der Waals surface area contributed by atoms with Crippen molar-refractivity contribution in [3.8, 4) is 0 Å². The molecule has 7 heteroatoms. The highest BCUT2D eigenvalue weighted by atomic mass is 35.5. The number of aryl methyl sites for hydroxylation is 2. The predicted octanol–water partition coefficient (Wildman–Crippen LogP) is 5.40. The summed E-state index contributed by atoms with van der Waals surface area (Å²) in [5.41, 5.74) is 4.25. The number of amides is 2. The van der Waals surface area contributed by atoms with Crippen molar-refractivity contribution in [2.75, 3.05) is 12.8 Å². The Balaban J connectivity index is 2.18. The molecule has 0 heterocycles. The van der Waals surface area contributed by atoms with Gasteiger partial charge < -0.3 is 10.2 Å². The van der Waals surface area contributed by atoms with Gasteiger partial charge in [-0.1, -0.05) is 65.5 Å². The van der Waals surface area contributed by atoms with E-state index in [0.717, 1.165) is 5.75 Å². The summed E-state index contributed by atoms with van der Waals surface area (Å²) < 4.78 is 0. The molecule has 4 nitrogen and oxygen atoms in total. The van der Waals surface area contributed by atoms with Crippen molar-refractivity contribution in [2.24, 2.45) is 0 Å². The normalized spacial score (nSPS) is 11.8. The van der Waals surface area contributed by atoms with E-state index in [0.29, 0.717) is 22.0 Å². The van der Waals surface area contributed by atoms with Crippen LogP contribution in [0.3, 0.4) is 0 Å². The third-order valence-electron chi connectivity index (χ3n) is 4.80. The van der Waals surface area contributed by atoms with Crippen LogP contribution in [0, 0.1) is 13.8 Å². The molecular weight excluding hydrogens is 439 g/mol. The van der Waals surface area contributed by atoms with Crippen LogP contribution in [0.5, 0.6) is 0 Å². The lowest BCUT2D eigenvalue weighted by molar-refractivity contribution is -0.139. The highest BCUT2D eigenvalue weighted by molar-refractivity contribution is 7.99. The van der Waals surface area contributed by atoms with Crippen molar-refractivity contribution in [3.05, 3.63) is 68.7 Å². The third-order valence-corrected chi connectivity index (χ3v) is 6.49. The number of carbonyl (C=O) groups excluding carboxylic acids is 2. The van der Waals surface area contributed by atoms with Crippen LogP contribution < -0.4 is 5.32 Å². The zero-order valence-electron chi connectivity index (χ0n) is 17.8. The maximum Gasteiger partial charge on any atom is 0.242 e. The zero-order chi connectivity index (χ0) is 22.3. The molecule has 0 radical (unpaired) electrons. The molecule has 0 saturated carbocycles. The van der Waals surface area contributed by atoms with Crippen molar-refractivity contribution in [1.29, 1.82) is 0 Å². The van der Waals surface area contributed by atoms with Crippen molar-refractivity contribution >= 4 is 46.8 Å². The van der Waals surface area contributed by atoms with E-state index in [-0.39, 0.29) is 24.1 Å². The van der Waals surface area contributed by atoms with E-state index < -0.39 is 6.04 Å². The number of carbonyl (C=O) groups is 2. The van der Waals surface area contributed by atoms with E-state index in [1.807, 2.05) is 6.92 Å². The van der Waals surface area contributed by atoms with Crippen LogP contribution in [0.1, 0.15) is 35.6 Å². The van der Waals surface area contributed by atoms with Crippen LogP contribution in [0.2, 0.25) is 10.0 Å². The minimum atomic E-state index is -0.586. The fraction of sp³-hybridized carbons (Fsp3) is 0.391. The smallest absolute Gasteiger partial charge is 0.242 e. The van der Waals surface area contributed by atoms with Gasteiger partial charge in [0.2, 0.25) is 11.8 Å². The first kappa shape index (κ1) is 24.6. The molecule has 2 aromatic rings. The lowest BCUT2D eigenvalue weighted by Crippen LogP contribution is -2.48. The Bertz CT molecular complexity index is 864. The van der Waals surface area contributed by atoms with E-state index >= 15 is 0 Å². The standard InChI is InChI=1S/C23H28Cl2N2O2S/c1-5-21(23(29)26-4)27(12-18-19(24)7-6-8-20(18)25)22(28)14-30-13-17-10-15(2)9-16(3)11-17/h6-11,21H,5,12-14H2,1-4H3,(H,26,29). The Kier molecular flexibility index (Phi) is 9.53. The van der Waals surface area contributed by atoms with E-state index in [4.69, 9.17) is 23.2 Å². The molecule has 162 valence electrons. The largest absolute Gasteiger partial charge is 0.357 e. The van der Waals surface area contributed by atoms with Gasteiger partial charge in [0.25, 0.3) is 0 Å². The fourth-order valence-electron chi connectivity index (χ4n) is 3.43. The van der Waals surface area contributed by atoms with E-state index in [1.54, 1.807) is 30.1 Å². The first-order valence-corrected chi connectivity index (χ1v) is 11.8. The predicted molar refractivity (Wildman–Crippen MR) is 127 cm³/mol. The summed E-state index contributed by atoms with van der Waals surface area (Å²) >= 11 is 14.2. The van der Waals surface area contributed by atoms with Gasteiger partial charge >= 0.3 is 0 Å². The average molecular weight is 467 g/mol. The molecule has 0 aliphatic heterocycles. The molecule has 2 amide bonds. The molecule has 2 aromatic carbocycles. The summed E-state index contributed by atoms with van der Waals surface area (Å²) in [6.45, 7) is 6.21. The Labute approximate surface area is 193 Å². The van der Waals surface area contributed by atoms with Gasteiger partial charge in [0.15, 0.2) is 0 Å². The van der Waals surface area contributed by atoms with Gasteiger partial charge in [-0.05, 0) is 38.0 Å². The summed E-state index contributed by atoms with van der Waals surface area (Å²) in [4.78, 5) is 27.2. The lowest BCUT2D eigenvalue weighted by atomic mass is 10.1. The second-order valence-electron chi connectivity index (χ2n) is 7.25. The summed E-state index contributed by atoms with van der Waals surface area (Å²) in [5, 5.41) is 3.62. The van der Waals surface area contributed by atoms with Gasteiger partial charge in [-0.25, -0.2) is 0 Å². The fourth-order valence-corrected chi connectivity index (χ4v) is 4.79. The van der Waals surface area contributed by atoms with Crippen molar-refractivity contribution in [3.63, 3.8) is 0 Å². The molecule has 0 aliphatic carbocycles. The Morgan fingerprint density at radius 1 is 1.10 bits per heavy atom. The first-order chi connectivity index (χ1) is 14.3. The Morgan fingerprint density at radius 3 is 2.23 bits per heavy atom. The van der Waals surface area contributed by atoms with Gasteiger partial charge in [0.05, 0.1) is 5.75 Å². The molecule has 0 bridgehead atoms. The lowest BCUT2D eigenvalue weighted by Gasteiger charge is -2.30. The number of likely N-dealkylation sites (N-methyl/N-ethyl adjacent to an activating group) is 1. The molecule has 0 saturated heterocycles. The minimum Gasteiger partial charge on any atom is -0.357 e. The Morgan fingerprint density at radius 2 is 1.70 bits per heavy atom. The third kappa shape index (κ3) is 6.66. The zero-order valence-corrected chi connectivity index (χ0v) is 20.1. The van der Waals surface area contributed by atoms with E-state index in [1.165, 1.54) is 28.5 Å². The number of hydrogen-bond donors (Lipinski definition) is 1. The van der Waals surface area contributed by atoms with Crippen LogP contribution in [0.4, 0.5) is 0 Å². The Hall–Kier alpha value is -1.69. The molecule has 2 rings (SSSR count). The van der Waals surface area contributed by atoms with Gasteiger partial charge in [-0.3, -0.25) is 9.59 Å². The molecule has 0 spiro atoms. The number of thioether (sulfide) groups is 1. The molecule has 1 unspecified atom stereocenters. The number of halogens is 2. The van der Waals surface area contributed by atoms with Crippen LogP contribution >= 0.6 is 35.0 Å². The topological polar surface area (TPSA) is 49.4 Å². The molecule has 1 N–H and O–H groups in total. The van der Waals surface area contributed by atoms with Gasteiger partial charge in [0, 0.05) is 35.0 Å². The van der Waals surface area contributed by atoms with Crippen LogP contribution in [0.15, 0.2) is 36.4 Å². The van der Waals surface area contributed by atoms with E-state index in [2.05, 4.69) is 37.4 Å². The summed E-state index contributed by atoms with van der Waals surface area (Å²) in [5.74, 6) is 0.679. The summed E-state index contributed by atoms with van der Waals surface area (Å²) in [6.07, 6.45) is 0.495. The van der Waals surface area contributed by atoms with Crippen molar-refractivity contribution in [1.82, 2.24) is 10.2 Å². The quantitative estimate of drug-likeness (QED) is 0.538. The minimum absolute atomic E-state index is 0.115. The number of hydrogen-bond acceptors (Lipinski definition) is 3. The number of benzene rings is 2. The highest BCUT2D eigenvalue weighted by Crippen LogP contribution is 2.27. The molecule has 0 aromatic heterocycles. The van der Waals surface area contributed by atoms with Crippen LogP contribution in [-0.2, 0) is 21.9 Å². The van der Waals surface area contributed by atoms with Crippen molar-refractivity contribution in [2.45, 2.75) is 45.5 Å². The SMILES string of the molecule is CCC(C(=O)NC)N(Cc1c(Cl)cccc1Cl)C(=O)CSCc1cc(C)cc(C)c1. The maximum absolute atomic E-state index is 13.2. The van der Waals surface area contributed by atoms with Crippen LogP contribution in [0.25, 0.3) is 0 Å². The van der Waals surface area contributed by atoms with E-state index in [9.17, 15) is 9.59 Å². The van der Waals surface area contributed by atoms with Crippen molar-refractivity contribution < 1.29 is 9.59 Å². The molecule has 1 atom stereocenters. The summed E-state index contributed by atoms with van der Waals surface area (Å²) in [7, 11) is 1.57. The monoisotopic (exact) mass is 466 g/mol. The molecule has 0 aliphatic rings. The van der Waals surface area contributed by atoms with Gasteiger partial charge in [0.1, 0.15) is 6.04 Å². The second-order valence-corrected chi connectivity index (χ2v) is 9.05. The molecule has 0 fully saturated rings. The van der Waals surface area contributed by atoms with Crippen LogP contribution in [-0.4, -0.2) is 35.6 Å². The van der Waals surface area contributed by atoms with Gasteiger partial charge in [-0.15, -0.1) is 11.8 Å². The summed E-state index contributed by atoms with van der Waals surface area (Å²) in [6, 6.07) is 11.0. The second kappa shape index (κ2) is 11.6. The van der Waals surface area contributed by atoms with Gasteiger partial charge in [-0.2, -0.15) is 0 Å². The number of nitrogens with one attached hydrogen (secondary N) is 1. The molecular formula is C23H28Cl2N2O2S. The maximum atomic E-state index is 13.2. The number of rotatable bonds is 9. The average Bonchev–Trinajstić information content (AvgIpc) is 2.68. The molecule has 30 heavy (non-hydrogen) atoms. The highest BCUT2D eigenvalue weighted by Gasteiger charge is 2.29. The first-order valence-electron chi connectivity index (χ1n) is 9.85.